The second kappa shape index (κ2) is 10.1. The third kappa shape index (κ3) is 5.30. The number of rotatable bonds is 9. The monoisotopic (exact) mass is 425 g/mol. The lowest BCUT2D eigenvalue weighted by Crippen LogP contribution is -2.26. The molecule has 1 amide bonds. The highest BCUT2D eigenvalue weighted by Gasteiger charge is 2.18. The van der Waals surface area contributed by atoms with Crippen LogP contribution in [0.5, 0.6) is 11.5 Å². The van der Waals surface area contributed by atoms with Gasteiger partial charge in [-0.1, -0.05) is 47.7 Å². The van der Waals surface area contributed by atoms with E-state index in [0.29, 0.717) is 16.4 Å². The standard InChI is InChI=1S/C23H27N3O3S/c1-15(18-10-11-19(28-3)20(14-18)29-4)25-22(27)21-16(2)26-23(30-21)24-13-12-17-8-6-5-7-9-17/h5-11,14-15H,12-13H2,1-4H3,(H,24,26)(H,25,27)/t15-/m0/s1. The number of aromatic nitrogens is 1. The third-order valence-corrected chi connectivity index (χ3v) is 5.90. The number of nitrogens with zero attached hydrogens (tertiary/aromatic N) is 1. The fraction of sp³-hybridized carbons (Fsp3) is 0.304. The van der Waals surface area contributed by atoms with Gasteiger partial charge in [0.15, 0.2) is 16.6 Å². The Morgan fingerprint density at radius 1 is 1.10 bits per heavy atom. The van der Waals surface area contributed by atoms with E-state index >= 15 is 0 Å². The molecule has 0 unspecified atom stereocenters. The molecule has 1 aromatic heterocycles. The smallest absolute Gasteiger partial charge is 0.263 e. The quantitative estimate of drug-likeness (QED) is 0.524. The predicted molar refractivity (Wildman–Crippen MR) is 121 cm³/mol. The Balaban J connectivity index is 1.61. The van der Waals surface area contributed by atoms with E-state index < -0.39 is 0 Å². The van der Waals surface area contributed by atoms with Crippen molar-refractivity contribution in [2.45, 2.75) is 26.3 Å². The average molecular weight is 426 g/mol. The van der Waals surface area contributed by atoms with Crippen LogP contribution in [0.3, 0.4) is 0 Å². The first kappa shape index (κ1) is 21.6. The second-order valence-electron chi connectivity index (χ2n) is 6.91. The van der Waals surface area contributed by atoms with Gasteiger partial charge < -0.3 is 20.1 Å². The number of carbonyl (C=O) groups is 1. The normalized spacial score (nSPS) is 11.6. The summed E-state index contributed by atoms with van der Waals surface area (Å²) >= 11 is 1.37. The van der Waals surface area contributed by atoms with Gasteiger partial charge in [-0.3, -0.25) is 4.79 Å². The van der Waals surface area contributed by atoms with Crippen molar-refractivity contribution in [1.82, 2.24) is 10.3 Å². The first-order valence-corrected chi connectivity index (χ1v) is 10.6. The lowest BCUT2D eigenvalue weighted by Gasteiger charge is -2.16. The van der Waals surface area contributed by atoms with Gasteiger partial charge in [0.25, 0.3) is 5.91 Å². The van der Waals surface area contributed by atoms with Crippen LogP contribution < -0.4 is 20.1 Å². The van der Waals surface area contributed by atoms with Gasteiger partial charge in [-0.25, -0.2) is 4.98 Å². The molecule has 2 N–H and O–H groups in total. The van der Waals surface area contributed by atoms with E-state index in [1.54, 1.807) is 14.2 Å². The molecule has 0 bridgehead atoms. The number of methoxy groups -OCH3 is 2. The number of carbonyl (C=O) groups excluding carboxylic acids is 1. The molecule has 0 aliphatic heterocycles. The van der Waals surface area contributed by atoms with Crippen molar-refractivity contribution < 1.29 is 14.3 Å². The Labute approximate surface area is 181 Å². The second-order valence-corrected chi connectivity index (χ2v) is 7.90. The SMILES string of the molecule is COc1ccc([C@H](C)NC(=O)c2sc(NCCc3ccccc3)nc2C)cc1OC. The number of hydrogen-bond acceptors (Lipinski definition) is 6. The molecule has 3 aromatic rings. The summed E-state index contributed by atoms with van der Waals surface area (Å²) in [6.45, 7) is 4.56. The van der Waals surface area contributed by atoms with E-state index in [-0.39, 0.29) is 11.9 Å². The summed E-state index contributed by atoms with van der Waals surface area (Å²) < 4.78 is 10.6. The van der Waals surface area contributed by atoms with Crippen LogP contribution in [0.15, 0.2) is 48.5 Å². The minimum Gasteiger partial charge on any atom is -0.493 e. The van der Waals surface area contributed by atoms with E-state index in [1.807, 2.05) is 50.2 Å². The minimum atomic E-state index is -0.187. The maximum Gasteiger partial charge on any atom is 0.263 e. The largest absolute Gasteiger partial charge is 0.493 e. The Morgan fingerprint density at radius 3 is 2.53 bits per heavy atom. The zero-order chi connectivity index (χ0) is 21.5. The van der Waals surface area contributed by atoms with Crippen LogP contribution in [0.25, 0.3) is 0 Å². The van der Waals surface area contributed by atoms with Gasteiger partial charge >= 0.3 is 0 Å². The van der Waals surface area contributed by atoms with Gasteiger partial charge in [0.1, 0.15) is 4.88 Å². The van der Waals surface area contributed by atoms with Gasteiger partial charge in [-0.05, 0) is 43.5 Å². The molecule has 6 nitrogen and oxygen atoms in total. The summed E-state index contributed by atoms with van der Waals surface area (Å²) in [7, 11) is 3.19. The number of ether oxygens (including phenoxy) is 2. The highest BCUT2D eigenvalue weighted by Crippen LogP contribution is 2.30. The highest BCUT2D eigenvalue weighted by molar-refractivity contribution is 7.17. The van der Waals surface area contributed by atoms with Gasteiger partial charge in [0.2, 0.25) is 0 Å². The molecule has 3 rings (SSSR count). The molecular formula is C23H27N3O3S. The molecule has 7 heteroatoms. The van der Waals surface area contributed by atoms with E-state index in [0.717, 1.165) is 29.4 Å². The Hall–Kier alpha value is -3.06. The number of anilines is 1. The molecule has 158 valence electrons. The summed E-state index contributed by atoms with van der Waals surface area (Å²) in [5, 5.41) is 7.12. The molecule has 30 heavy (non-hydrogen) atoms. The van der Waals surface area contributed by atoms with Crippen LogP contribution in [0, 0.1) is 6.92 Å². The van der Waals surface area contributed by atoms with Crippen molar-refractivity contribution in [2.24, 2.45) is 0 Å². The van der Waals surface area contributed by atoms with Crippen LogP contribution in [0.4, 0.5) is 5.13 Å². The Morgan fingerprint density at radius 2 is 1.83 bits per heavy atom. The summed E-state index contributed by atoms with van der Waals surface area (Å²) in [5.74, 6) is 1.16. The predicted octanol–water partition coefficient (Wildman–Crippen LogP) is 4.61. The van der Waals surface area contributed by atoms with Gasteiger partial charge in [-0.15, -0.1) is 0 Å². The van der Waals surface area contributed by atoms with Crippen molar-refractivity contribution in [1.29, 1.82) is 0 Å². The molecule has 0 aliphatic rings. The highest BCUT2D eigenvalue weighted by atomic mass is 32.1. The zero-order valence-electron chi connectivity index (χ0n) is 17.7. The fourth-order valence-corrected chi connectivity index (χ4v) is 4.00. The number of amides is 1. The number of aryl methyl sites for hydroxylation is 1. The number of benzene rings is 2. The zero-order valence-corrected chi connectivity index (χ0v) is 18.5. The van der Waals surface area contributed by atoms with Crippen molar-refractivity contribution in [2.75, 3.05) is 26.1 Å². The van der Waals surface area contributed by atoms with Gasteiger partial charge in [0.05, 0.1) is 26.0 Å². The number of hydrogen-bond donors (Lipinski definition) is 2. The topological polar surface area (TPSA) is 72.5 Å². The van der Waals surface area contributed by atoms with Crippen molar-refractivity contribution >= 4 is 22.4 Å². The molecular weight excluding hydrogens is 398 g/mol. The molecule has 1 atom stereocenters. The molecule has 0 radical (unpaired) electrons. The minimum absolute atomic E-state index is 0.136. The van der Waals surface area contributed by atoms with Crippen LogP contribution in [-0.2, 0) is 6.42 Å². The lowest BCUT2D eigenvalue weighted by molar-refractivity contribution is 0.0943. The molecule has 0 aliphatic carbocycles. The third-order valence-electron chi connectivity index (χ3n) is 4.79. The molecule has 2 aromatic carbocycles. The van der Waals surface area contributed by atoms with E-state index in [4.69, 9.17) is 9.47 Å². The van der Waals surface area contributed by atoms with E-state index in [1.165, 1.54) is 16.9 Å². The van der Waals surface area contributed by atoms with Gasteiger partial charge in [-0.2, -0.15) is 0 Å². The fourth-order valence-electron chi connectivity index (χ4n) is 3.11. The van der Waals surface area contributed by atoms with Gasteiger partial charge in [0, 0.05) is 6.54 Å². The Bertz CT molecular complexity index is 989. The summed E-state index contributed by atoms with van der Waals surface area (Å²) in [5.41, 5.74) is 2.92. The van der Waals surface area contributed by atoms with Crippen LogP contribution >= 0.6 is 11.3 Å². The summed E-state index contributed by atoms with van der Waals surface area (Å²) in [6, 6.07) is 15.7. The van der Waals surface area contributed by atoms with Crippen LogP contribution in [0.1, 0.15) is 39.5 Å². The van der Waals surface area contributed by atoms with E-state index in [9.17, 15) is 4.79 Å². The summed E-state index contributed by atoms with van der Waals surface area (Å²) in [6.07, 6.45) is 0.900. The summed E-state index contributed by atoms with van der Waals surface area (Å²) in [4.78, 5) is 17.9. The maximum absolute atomic E-state index is 12.8. The molecule has 0 fully saturated rings. The number of nitrogens with one attached hydrogen (secondary N) is 2. The van der Waals surface area contributed by atoms with Crippen LogP contribution in [-0.4, -0.2) is 31.7 Å². The molecule has 0 saturated carbocycles. The number of thiazole rings is 1. The first-order valence-electron chi connectivity index (χ1n) is 9.79. The average Bonchev–Trinajstić information content (AvgIpc) is 3.14. The lowest BCUT2D eigenvalue weighted by atomic mass is 10.1. The van der Waals surface area contributed by atoms with Crippen LogP contribution in [0.2, 0.25) is 0 Å². The Kier molecular flexibility index (Phi) is 7.30. The van der Waals surface area contributed by atoms with Crippen molar-refractivity contribution in [3.63, 3.8) is 0 Å². The maximum atomic E-state index is 12.8. The molecule has 0 saturated heterocycles. The van der Waals surface area contributed by atoms with E-state index in [2.05, 4.69) is 27.8 Å². The molecule has 0 spiro atoms. The molecule has 1 heterocycles. The first-order chi connectivity index (χ1) is 14.5. The van der Waals surface area contributed by atoms with Crippen molar-refractivity contribution in [3.05, 3.63) is 70.2 Å². The van der Waals surface area contributed by atoms with Crippen molar-refractivity contribution in [3.8, 4) is 11.5 Å².